The van der Waals surface area contributed by atoms with E-state index in [0.29, 0.717) is 25.7 Å². The molecular weight excluding hydrogens is 294 g/mol. The fourth-order valence-corrected chi connectivity index (χ4v) is 2.38. The lowest BCUT2D eigenvalue weighted by atomic mass is 10.1. The highest BCUT2D eigenvalue weighted by molar-refractivity contribution is 5.46. The van der Waals surface area contributed by atoms with Gasteiger partial charge in [-0.2, -0.15) is 0 Å². The number of nitrogens with zero attached hydrogens (tertiary/aromatic N) is 1. The maximum Gasteiger partial charge on any atom is 0.165 e. The van der Waals surface area contributed by atoms with E-state index >= 15 is 0 Å². The van der Waals surface area contributed by atoms with Crippen LogP contribution in [0.1, 0.15) is 33.3 Å². The number of aliphatic hydroxyl groups excluding tert-OH is 1. The number of aliphatic hydroxyl groups is 1. The third kappa shape index (κ3) is 6.37. The van der Waals surface area contributed by atoms with Crippen molar-refractivity contribution in [1.82, 2.24) is 4.90 Å². The van der Waals surface area contributed by atoms with Gasteiger partial charge < -0.3 is 19.3 Å². The maximum atomic E-state index is 10.2. The smallest absolute Gasteiger partial charge is 0.165 e. The molecule has 0 amide bonds. The van der Waals surface area contributed by atoms with Gasteiger partial charge >= 0.3 is 0 Å². The monoisotopic (exact) mass is 325 g/mol. The van der Waals surface area contributed by atoms with E-state index in [-0.39, 0.29) is 6.10 Å². The van der Waals surface area contributed by atoms with Crippen molar-refractivity contribution >= 4 is 0 Å². The summed E-state index contributed by atoms with van der Waals surface area (Å²) >= 11 is 0. The van der Waals surface area contributed by atoms with Crippen molar-refractivity contribution in [2.75, 3.05) is 27.4 Å². The van der Waals surface area contributed by atoms with Crippen LogP contribution in [0.2, 0.25) is 0 Å². The van der Waals surface area contributed by atoms with Crippen LogP contribution >= 0.6 is 0 Å². The Labute approximate surface area is 140 Å². The van der Waals surface area contributed by atoms with Crippen LogP contribution < -0.4 is 9.47 Å². The highest BCUT2D eigenvalue weighted by Gasteiger charge is 2.19. The van der Waals surface area contributed by atoms with Gasteiger partial charge in [-0.25, -0.2) is 0 Å². The van der Waals surface area contributed by atoms with Crippen LogP contribution in [0.4, 0.5) is 0 Å². The van der Waals surface area contributed by atoms with Crippen molar-refractivity contribution in [2.45, 2.75) is 52.5 Å². The zero-order valence-electron chi connectivity index (χ0n) is 15.2. The van der Waals surface area contributed by atoms with Gasteiger partial charge in [0, 0.05) is 24.7 Å². The van der Waals surface area contributed by atoms with Gasteiger partial charge in [0.1, 0.15) is 0 Å². The maximum absolute atomic E-state index is 10.2. The molecule has 1 aromatic carbocycles. The van der Waals surface area contributed by atoms with Gasteiger partial charge in [0.05, 0.1) is 33.0 Å². The topological polar surface area (TPSA) is 51.2 Å². The molecule has 0 aromatic heterocycles. The molecule has 0 aliphatic carbocycles. The van der Waals surface area contributed by atoms with E-state index in [0.717, 1.165) is 17.1 Å². The number of hydrogen-bond acceptors (Lipinski definition) is 5. The summed E-state index contributed by atoms with van der Waals surface area (Å²) in [7, 11) is 3.28. The SMILES string of the molecule is COc1cccc(CN(C[C@H](O)COC(C)C)C(C)C)c1OC. The number of ether oxygens (including phenoxy) is 3. The van der Waals surface area contributed by atoms with Gasteiger partial charge in [0.25, 0.3) is 0 Å². The Morgan fingerprint density at radius 2 is 1.78 bits per heavy atom. The molecule has 5 nitrogen and oxygen atoms in total. The van der Waals surface area contributed by atoms with E-state index in [1.165, 1.54) is 0 Å². The second-order valence-corrected chi connectivity index (χ2v) is 6.21. The minimum Gasteiger partial charge on any atom is -0.493 e. The number of methoxy groups -OCH3 is 2. The molecule has 0 aliphatic rings. The van der Waals surface area contributed by atoms with Crippen molar-refractivity contribution in [2.24, 2.45) is 0 Å². The zero-order valence-corrected chi connectivity index (χ0v) is 15.2. The van der Waals surface area contributed by atoms with Crippen molar-refractivity contribution in [3.05, 3.63) is 23.8 Å². The average molecular weight is 325 g/mol. The van der Waals surface area contributed by atoms with Crippen molar-refractivity contribution < 1.29 is 19.3 Å². The number of hydrogen-bond donors (Lipinski definition) is 1. The average Bonchev–Trinajstić information content (AvgIpc) is 2.51. The Bertz CT molecular complexity index is 462. The van der Waals surface area contributed by atoms with Crippen molar-refractivity contribution in [3.63, 3.8) is 0 Å². The lowest BCUT2D eigenvalue weighted by molar-refractivity contribution is -0.0137. The zero-order chi connectivity index (χ0) is 17.4. The summed E-state index contributed by atoms with van der Waals surface area (Å²) in [4.78, 5) is 2.20. The summed E-state index contributed by atoms with van der Waals surface area (Å²) in [5, 5.41) is 10.2. The molecule has 0 spiro atoms. The van der Waals surface area contributed by atoms with Crippen LogP contribution in [0.5, 0.6) is 11.5 Å². The third-order valence-corrected chi connectivity index (χ3v) is 3.66. The molecule has 5 heteroatoms. The van der Waals surface area contributed by atoms with E-state index in [2.05, 4.69) is 18.7 Å². The van der Waals surface area contributed by atoms with Crippen molar-refractivity contribution in [3.8, 4) is 11.5 Å². The Hall–Kier alpha value is -1.30. The second-order valence-electron chi connectivity index (χ2n) is 6.21. The molecule has 0 radical (unpaired) electrons. The third-order valence-electron chi connectivity index (χ3n) is 3.66. The Morgan fingerprint density at radius 3 is 2.30 bits per heavy atom. The summed E-state index contributed by atoms with van der Waals surface area (Å²) in [6, 6.07) is 6.15. The van der Waals surface area contributed by atoms with E-state index in [1.807, 2.05) is 32.0 Å². The van der Waals surface area contributed by atoms with Crippen LogP contribution in [0.15, 0.2) is 18.2 Å². The number of para-hydroxylation sites is 1. The second kappa shape index (κ2) is 9.75. The first-order valence-corrected chi connectivity index (χ1v) is 8.12. The fourth-order valence-electron chi connectivity index (χ4n) is 2.38. The molecule has 23 heavy (non-hydrogen) atoms. The Balaban J connectivity index is 2.80. The van der Waals surface area contributed by atoms with E-state index in [1.54, 1.807) is 14.2 Å². The van der Waals surface area contributed by atoms with Crippen LogP contribution in [0.3, 0.4) is 0 Å². The molecule has 0 unspecified atom stereocenters. The molecule has 0 aliphatic heterocycles. The summed E-state index contributed by atoms with van der Waals surface area (Å²) in [6.07, 6.45) is -0.396. The number of benzene rings is 1. The highest BCUT2D eigenvalue weighted by Crippen LogP contribution is 2.31. The largest absolute Gasteiger partial charge is 0.493 e. The standard InChI is InChI=1S/C18H31NO4/c1-13(2)19(11-16(20)12-23-14(3)4)10-15-8-7-9-17(21-5)18(15)22-6/h7-9,13-14,16,20H,10-12H2,1-6H3/t16-/m0/s1. The van der Waals surface area contributed by atoms with E-state index < -0.39 is 6.10 Å². The van der Waals surface area contributed by atoms with Crippen LogP contribution in [-0.4, -0.2) is 55.6 Å². The predicted octanol–water partition coefficient (Wildman–Crippen LogP) is 2.70. The van der Waals surface area contributed by atoms with Crippen LogP contribution in [-0.2, 0) is 11.3 Å². The molecule has 0 heterocycles. The van der Waals surface area contributed by atoms with Crippen molar-refractivity contribution in [1.29, 1.82) is 0 Å². The number of rotatable bonds is 10. The first-order valence-electron chi connectivity index (χ1n) is 8.12. The van der Waals surface area contributed by atoms with Crippen LogP contribution in [0.25, 0.3) is 0 Å². The molecule has 0 saturated carbocycles. The summed E-state index contributed by atoms with van der Waals surface area (Å²) in [6.45, 7) is 9.73. The summed E-state index contributed by atoms with van der Waals surface area (Å²) < 4.78 is 16.3. The molecular formula is C18H31NO4. The molecule has 1 N–H and O–H groups in total. The van der Waals surface area contributed by atoms with Gasteiger partial charge in [-0.3, -0.25) is 4.90 Å². The normalized spacial score (nSPS) is 13.0. The predicted molar refractivity (Wildman–Crippen MR) is 92.2 cm³/mol. The van der Waals surface area contributed by atoms with Crippen LogP contribution in [0, 0.1) is 0 Å². The minimum absolute atomic E-state index is 0.121. The molecule has 0 saturated heterocycles. The summed E-state index contributed by atoms with van der Waals surface area (Å²) in [5.74, 6) is 1.46. The van der Waals surface area contributed by atoms with E-state index in [9.17, 15) is 5.11 Å². The molecule has 0 bridgehead atoms. The van der Waals surface area contributed by atoms with Gasteiger partial charge in [0.2, 0.25) is 0 Å². The van der Waals surface area contributed by atoms with Gasteiger partial charge in [-0.05, 0) is 33.8 Å². The van der Waals surface area contributed by atoms with Gasteiger partial charge in [0.15, 0.2) is 11.5 Å². The molecule has 0 fully saturated rings. The Morgan fingerprint density at radius 1 is 1.09 bits per heavy atom. The van der Waals surface area contributed by atoms with Gasteiger partial charge in [-0.15, -0.1) is 0 Å². The van der Waals surface area contributed by atoms with E-state index in [4.69, 9.17) is 14.2 Å². The molecule has 1 aromatic rings. The first-order chi connectivity index (χ1) is 10.9. The quantitative estimate of drug-likeness (QED) is 0.717. The lowest BCUT2D eigenvalue weighted by Gasteiger charge is -2.29. The molecule has 132 valence electrons. The minimum atomic E-state index is -0.517. The fraction of sp³-hybridized carbons (Fsp3) is 0.667. The summed E-state index contributed by atoms with van der Waals surface area (Å²) in [5.41, 5.74) is 1.04. The lowest BCUT2D eigenvalue weighted by Crippen LogP contribution is -2.39. The highest BCUT2D eigenvalue weighted by atomic mass is 16.5. The molecule has 1 rings (SSSR count). The molecule has 1 atom stereocenters. The Kier molecular flexibility index (Phi) is 8.37. The van der Waals surface area contributed by atoms with Gasteiger partial charge in [-0.1, -0.05) is 12.1 Å². The first kappa shape index (κ1) is 19.7.